The van der Waals surface area contributed by atoms with Crippen LogP contribution in [0.2, 0.25) is 0 Å². The summed E-state index contributed by atoms with van der Waals surface area (Å²) < 4.78 is 43.4. The summed E-state index contributed by atoms with van der Waals surface area (Å²) >= 11 is 0. The number of methoxy groups -OCH3 is 2. The number of phenols is 5. The van der Waals surface area contributed by atoms with E-state index in [-0.39, 0.29) is 68.0 Å². The van der Waals surface area contributed by atoms with E-state index >= 15 is 0 Å². The largest absolute Gasteiger partial charge is 0.508 e. The molecule has 2 aliphatic heterocycles. The van der Waals surface area contributed by atoms with Crippen LogP contribution in [0.1, 0.15) is 6.92 Å². The number of aliphatic hydroxyl groups is 6. The topological polar surface area (TPSA) is 338 Å². The second-order valence-electron chi connectivity index (χ2n) is 15.0. The number of aromatic hydroxyl groups is 5. The molecule has 4 aromatic carbocycles. The van der Waals surface area contributed by atoms with Gasteiger partial charge in [-0.05, 0) is 43.3 Å². The van der Waals surface area contributed by atoms with Gasteiger partial charge in [-0.25, -0.2) is 0 Å². The number of hydrogen-bond acceptors (Lipinski definition) is 21. The summed E-state index contributed by atoms with van der Waals surface area (Å²) in [5.74, 6) is -0.786. The van der Waals surface area contributed by atoms with Crippen LogP contribution in [0.4, 0.5) is 0 Å². The molecule has 0 aliphatic carbocycles. The van der Waals surface area contributed by atoms with Gasteiger partial charge in [-0.2, -0.15) is 0 Å². The molecule has 11 N–H and O–H groups in total. The summed E-state index contributed by atoms with van der Waals surface area (Å²) in [7, 11) is 2.81. The molecule has 2 aliphatic rings. The van der Waals surface area contributed by atoms with Gasteiger partial charge in [0.15, 0.2) is 40.1 Å². The number of rotatable bonds is 9. The van der Waals surface area contributed by atoms with Crippen molar-refractivity contribution >= 4 is 21.9 Å². The quantitative estimate of drug-likeness (QED) is 0.0979. The van der Waals surface area contributed by atoms with Crippen molar-refractivity contribution in [3.05, 3.63) is 93.2 Å². The van der Waals surface area contributed by atoms with E-state index in [4.69, 9.17) is 37.3 Å². The van der Waals surface area contributed by atoms with Crippen LogP contribution < -0.4 is 25.1 Å². The first-order valence-corrected chi connectivity index (χ1v) is 19.6. The molecule has 0 saturated carbocycles. The van der Waals surface area contributed by atoms with E-state index in [0.717, 1.165) is 18.2 Å². The Labute approximate surface area is 365 Å². The molecular formula is C44H44O21. The van der Waals surface area contributed by atoms with Crippen LogP contribution in [-0.4, -0.2) is 138 Å². The molecule has 2 aromatic heterocycles. The molecule has 0 radical (unpaired) electrons. The minimum atomic E-state index is -1.78. The monoisotopic (exact) mass is 908 g/mol. The van der Waals surface area contributed by atoms with Gasteiger partial charge >= 0.3 is 0 Å². The first kappa shape index (κ1) is 46.3. The average molecular weight is 909 g/mol. The van der Waals surface area contributed by atoms with Gasteiger partial charge in [0.2, 0.25) is 6.29 Å². The zero-order valence-electron chi connectivity index (χ0n) is 34.4. The van der Waals surface area contributed by atoms with Gasteiger partial charge < -0.3 is 93.4 Å². The van der Waals surface area contributed by atoms with E-state index < -0.39 is 84.6 Å². The number of hydrogen-bond donors (Lipinski definition) is 11. The lowest BCUT2D eigenvalue weighted by molar-refractivity contribution is -0.318. The van der Waals surface area contributed by atoms with E-state index in [2.05, 4.69) is 0 Å². The van der Waals surface area contributed by atoms with Crippen molar-refractivity contribution in [3.8, 4) is 68.6 Å². The lowest BCUT2D eigenvalue weighted by Crippen LogP contribution is -2.61. The van der Waals surface area contributed by atoms with Gasteiger partial charge in [-0.3, -0.25) is 9.59 Å². The summed E-state index contributed by atoms with van der Waals surface area (Å²) in [5, 5.41) is 111. The normalized spacial score (nSPS) is 25.4. The number of aliphatic hydroxyl groups excluding tert-OH is 6. The standard InChI is InChI=1S/C28H32O15.C16H12O6/c1-10-21(32)23(34)25(36)27(40-10)39-9-19-22(33)24(35)26(37)28(43-19)41-12-6-14(30)20-15(31)8-17(42-18(20)7-12)11-3-4-16(38-2)13(29)5-11;1-21-13-3-2-8(4-10(13)18)14-7-12(20)16-11(19)5-9(17)6-15(16)22-14/h3-8,10,19,21-30,32-37H,9H2,1-2H3;2-7,17-19H,1H3/t10-,19+,21-,22+,23+,24-,25+,26+,27+,28+;/m0./s1. The van der Waals surface area contributed by atoms with Crippen molar-refractivity contribution in [2.24, 2.45) is 0 Å². The van der Waals surface area contributed by atoms with Gasteiger partial charge in [0, 0.05) is 47.5 Å². The maximum absolute atomic E-state index is 12.8. The lowest BCUT2D eigenvalue weighted by atomic mass is 9.98. The predicted molar refractivity (Wildman–Crippen MR) is 223 cm³/mol. The summed E-state index contributed by atoms with van der Waals surface area (Å²) in [4.78, 5) is 24.9. The number of fused-ring (bicyclic) bond motifs is 2. The molecule has 65 heavy (non-hydrogen) atoms. The molecule has 6 aromatic rings. The van der Waals surface area contributed by atoms with Crippen LogP contribution in [0.25, 0.3) is 44.6 Å². The molecule has 0 bridgehead atoms. The summed E-state index contributed by atoms with van der Waals surface area (Å²) in [6.07, 6.45) is -15.0. The highest BCUT2D eigenvalue weighted by Crippen LogP contribution is 2.37. The Hall–Kier alpha value is -6.66. The van der Waals surface area contributed by atoms with Gasteiger partial charge in [-0.15, -0.1) is 0 Å². The second kappa shape index (κ2) is 18.8. The molecule has 4 heterocycles. The SMILES string of the molecule is COc1ccc(-c2cc(=O)c3c(O)cc(O)cc3o2)cc1O.COc1ccc(-c2cc(=O)c3c(O)cc(O[C@@H]4O[C@H](CO[C@@H]5O[C@@H](C)[C@H](O)[C@@H](O)[C@H]5O)[C@@H](O)[C@H](O)[C@H]4O)cc3o2)cc1O. The van der Waals surface area contributed by atoms with Gasteiger partial charge in [0.1, 0.15) is 99.2 Å². The summed E-state index contributed by atoms with van der Waals surface area (Å²) in [5.41, 5.74) is -0.326. The molecule has 0 unspecified atom stereocenters. The third kappa shape index (κ3) is 9.45. The van der Waals surface area contributed by atoms with Crippen LogP contribution in [-0.2, 0) is 14.2 Å². The first-order chi connectivity index (χ1) is 30.9. The highest BCUT2D eigenvalue weighted by Gasteiger charge is 2.47. The zero-order valence-corrected chi connectivity index (χ0v) is 34.4. The van der Waals surface area contributed by atoms with Crippen molar-refractivity contribution in [2.45, 2.75) is 68.3 Å². The van der Waals surface area contributed by atoms with Crippen LogP contribution in [0, 0.1) is 0 Å². The molecule has 0 amide bonds. The van der Waals surface area contributed by atoms with Crippen LogP contribution in [0.5, 0.6) is 46.0 Å². The third-order valence-corrected chi connectivity index (χ3v) is 10.7. The van der Waals surface area contributed by atoms with Gasteiger partial charge in [-0.1, -0.05) is 0 Å². The van der Waals surface area contributed by atoms with Crippen molar-refractivity contribution in [2.75, 3.05) is 20.8 Å². The number of ether oxygens (including phenoxy) is 6. The van der Waals surface area contributed by atoms with Crippen LogP contribution in [0.3, 0.4) is 0 Å². The molecule has 8 rings (SSSR count). The van der Waals surface area contributed by atoms with Crippen molar-refractivity contribution in [3.63, 3.8) is 0 Å². The minimum absolute atomic E-state index is 0.0146. The molecule has 346 valence electrons. The lowest BCUT2D eigenvalue weighted by Gasteiger charge is -2.42. The third-order valence-electron chi connectivity index (χ3n) is 10.7. The van der Waals surface area contributed by atoms with Crippen molar-refractivity contribution in [1.82, 2.24) is 0 Å². The fourth-order valence-electron chi connectivity index (χ4n) is 7.16. The molecule has 2 saturated heterocycles. The minimum Gasteiger partial charge on any atom is -0.508 e. The van der Waals surface area contributed by atoms with E-state index in [9.17, 15) is 65.8 Å². The molecule has 0 spiro atoms. The summed E-state index contributed by atoms with van der Waals surface area (Å²) in [6.45, 7) is 0.953. The number of phenolic OH excluding ortho intramolecular Hbond substituents is 5. The summed E-state index contributed by atoms with van der Waals surface area (Å²) in [6, 6.07) is 15.8. The Balaban J connectivity index is 0.000000239. The Kier molecular flexibility index (Phi) is 13.4. The van der Waals surface area contributed by atoms with Crippen LogP contribution >= 0.6 is 0 Å². The smallest absolute Gasteiger partial charge is 0.229 e. The second-order valence-corrected chi connectivity index (χ2v) is 15.0. The van der Waals surface area contributed by atoms with E-state index in [0.29, 0.717) is 16.9 Å². The van der Waals surface area contributed by atoms with Gasteiger partial charge in [0.05, 0.1) is 26.9 Å². The van der Waals surface area contributed by atoms with Crippen LogP contribution in [0.15, 0.2) is 91.2 Å². The molecule has 2 fully saturated rings. The molecule has 21 nitrogen and oxygen atoms in total. The van der Waals surface area contributed by atoms with E-state index in [1.807, 2.05) is 0 Å². The number of benzene rings is 4. The van der Waals surface area contributed by atoms with Crippen molar-refractivity contribution < 1.29 is 93.4 Å². The Bertz CT molecular complexity index is 2800. The van der Waals surface area contributed by atoms with E-state index in [1.165, 1.54) is 63.6 Å². The fraction of sp³-hybridized carbons (Fsp3) is 0.318. The Morgan fingerprint density at radius 2 is 1.05 bits per heavy atom. The molecular weight excluding hydrogens is 864 g/mol. The Morgan fingerprint density at radius 1 is 0.538 bits per heavy atom. The first-order valence-electron chi connectivity index (χ1n) is 19.6. The average Bonchev–Trinajstić information content (AvgIpc) is 3.26. The maximum Gasteiger partial charge on any atom is 0.229 e. The van der Waals surface area contributed by atoms with E-state index in [1.54, 1.807) is 12.1 Å². The predicted octanol–water partition coefficient (Wildman–Crippen LogP) is 1.50. The zero-order chi connectivity index (χ0) is 47.0. The fourth-order valence-corrected chi connectivity index (χ4v) is 7.16. The van der Waals surface area contributed by atoms with Gasteiger partial charge in [0.25, 0.3) is 0 Å². The molecule has 21 heteroatoms. The highest BCUT2D eigenvalue weighted by atomic mass is 16.7. The molecule has 10 atom stereocenters. The maximum atomic E-state index is 12.8. The highest BCUT2D eigenvalue weighted by molar-refractivity contribution is 5.87. The van der Waals surface area contributed by atoms with Crippen molar-refractivity contribution in [1.29, 1.82) is 0 Å². The Morgan fingerprint density at radius 3 is 1.58 bits per heavy atom.